The van der Waals surface area contributed by atoms with Crippen molar-refractivity contribution in [2.24, 2.45) is 5.92 Å². The van der Waals surface area contributed by atoms with E-state index >= 15 is 0 Å². The Bertz CT molecular complexity index is 1040. The van der Waals surface area contributed by atoms with E-state index in [2.05, 4.69) is 10.3 Å². The van der Waals surface area contributed by atoms with Crippen molar-refractivity contribution in [3.8, 4) is 0 Å². The third-order valence-corrected chi connectivity index (χ3v) is 4.68. The van der Waals surface area contributed by atoms with Crippen LogP contribution >= 0.6 is 12.4 Å². The van der Waals surface area contributed by atoms with E-state index in [1.807, 2.05) is 24.3 Å². The molecule has 3 aromatic rings. The van der Waals surface area contributed by atoms with Gasteiger partial charge in [-0.3, -0.25) is 9.78 Å². The number of hydrogen-bond acceptors (Lipinski definition) is 3. The first-order chi connectivity index (χ1) is 12.5. The molecule has 138 valence electrons. The van der Waals surface area contributed by atoms with Crippen LogP contribution in [0.4, 0.5) is 10.1 Å². The molecule has 27 heavy (non-hydrogen) atoms. The van der Waals surface area contributed by atoms with Gasteiger partial charge in [0.1, 0.15) is 5.82 Å². The number of carbonyl (C=O) groups is 2. The van der Waals surface area contributed by atoms with Gasteiger partial charge in [-0.25, -0.2) is 9.18 Å². The molecule has 4 rings (SSSR count). The molecule has 1 aromatic heterocycles. The normalized spacial score (nSPS) is 17.8. The molecular weight excluding hydrogens is 371 g/mol. The van der Waals surface area contributed by atoms with E-state index in [0.717, 1.165) is 16.8 Å². The maximum absolute atomic E-state index is 14.1. The number of aromatic nitrogens is 1. The van der Waals surface area contributed by atoms with Crippen LogP contribution < -0.4 is 5.32 Å². The quantitative estimate of drug-likeness (QED) is 0.703. The van der Waals surface area contributed by atoms with Gasteiger partial charge in [-0.15, -0.1) is 12.4 Å². The first kappa shape index (κ1) is 18.8. The number of pyridine rings is 1. The third kappa shape index (κ3) is 3.75. The average Bonchev–Trinajstić information content (AvgIpc) is 3.42. The van der Waals surface area contributed by atoms with Crippen molar-refractivity contribution in [1.82, 2.24) is 4.98 Å². The molecule has 1 aliphatic carbocycles. The fraction of sp³-hybridized carbons (Fsp3) is 0.150. The van der Waals surface area contributed by atoms with Gasteiger partial charge in [-0.1, -0.05) is 12.1 Å². The van der Waals surface area contributed by atoms with E-state index in [1.165, 1.54) is 12.1 Å². The van der Waals surface area contributed by atoms with Crippen LogP contribution in [-0.2, 0) is 4.79 Å². The minimum atomic E-state index is -1.17. The van der Waals surface area contributed by atoms with Gasteiger partial charge in [-0.2, -0.15) is 0 Å². The van der Waals surface area contributed by atoms with E-state index in [-0.39, 0.29) is 35.7 Å². The van der Waals surface area contributed by atoms with Gasteiger partial charge in [0.15, 0.2) is 0 Å². The lowest BCUT2D eigenvalue weighted by Crippen LogP contribution is -2.14. The summed E-state index contributed by atoms with van der Waals surface area (Å²) in [7, 11) is 0. The number of fused-ring (bicyclic) bond motifs is 1. The molecule has 1 amide bonds. The van der Waals surface area contributed by atoms with Crippen LogP contribution in [-0.4, -0.2) is 22.0 Å². The Kier molecular flexibility index (Phi) is 5.10. The zero-order valence-electron chi connectivity index (χ0n) is 14.1. The molecule has 0 saturated heterocycles. The number of carbonyl (C=O) groups excluding carboxylic acids is 1. The van der Waals surface area contributed by atoms with Crippen molar-refractivity contribution in [3.63, 3.8) is 0 Å². The highest BCUT2D eigenvalue weighted by molar-refractivity contribution is 5.97. The van der Waals surface area contributed by atoms with Crippen molar-refractivity contribution >= 4 is 40.7 Å². The summed E-state index contributed by atoms with van der Waals surface area (Å²) in [5.74, 6) is -2.45. The third-order valence-electron chi connectivity index (χ3n) is 4.68. The molecule has 7 heteroatoms. The second kappa shape index (κ2) is 7.32. The first-order valence-corrected chi connectivity index (χ1v) is 8.20. The number of hydrogen-bond donors (Lipinski definition) is 2. The number of halogens is 2. The van der Waals surface area contributed by atoms with Crippen LogP contribution in [0, 0.1) is 11.7 Å². The maximum Gasteiger partial charge on any atom is 0.335 e. The zero-order chi connectivity index (χ0) is 18.3. The molecule has 1 fully saturated rings. The van der Waals surface area contributed by atoms with Crippen molar-refractivity contribution < 1.29 is 19.1 Å². The summed E-state index contributed by atoms with van der Waals surface area (Å²) in [6, 6.07) is 11.3. The van der Waals surface area contributed by atoms with E-state index in [9.17, 15) is 14.0 Å². The van der Waals surface area contributed by atoms with Gasteiger partial charge in [0.25, 0.3) is 0 Å². The largest absolute Gasteiger partial charge is 0.478 e. The highest BCUT2D eigenvalue weighted by Gasteiger charge is 2.45. The topological polar surface area (TPSA) is 79.3 Å². The van der Waals surface area contributed by atoms with E-state index in [0.29, 0.717) is 17.7 Å². The Hall–Kier alpha value is -2.99. The Labute approximate surface area is 160 Å². The van der Waals surface area contributed by atoms with Crippen LogP contribution in [0.15, 0.2) is 54.9 Å². The van der Waals surface area contributed by atoms with Crippen molar-refractivity contribution in [2.75, 3.05) is 5.32 Å². The van der Waals surface area contributed by atoms with Crippen molar-refractivity contribution in [2.45, 2.75) is 12.3 Å². The van der Waals surface area contributed by atoms with Crippen LogP contribution in [0.3, 0.4) is 0 Å². The summed E-state index contributed by atoms with van der Waals surface area (Å²) in [5, 5.41) is 13.7. The number of nitrogens with one attached hydrogen (secondary N) is 1. The van der Waals surface area contributed by atoms with Gasteiger partial charge < -0.3 is 10.4 Å². The van der Waals surface area contributed by atoms with Crippen LogP contribution in [0.1, 0.15) is 28.3 Å². The number of nitrogens with zero attached hydrogens (tertiary/aromatic N) is 1. The summed E-state index contributed by atoms with van der Waals surface area (Å²) < 4.78 is 14.1. The van der Waals surface area contributed by atoms with Crippen LogP contribution in [0.2, 0.25) is 0 Å². The van der Waals surface area contributed by atoms with Gasteiger partial charge in [0.05, 0.1) is 5.56 Å². The highest BCUT2D eigenvalue weighted by Crippen LogP contribution is 2.49. The Morgan fingerprint density at radius 1 is 1.11 bits per heavy atom. The molecule has 1 aliphatic rings. The molecule has 0 radical (unpaired) electrons. The number of rotatable bonds is 4. The second-order valence-electron chi connectivity index (χ2n) is 6.42. The molecular formula is C20H16ClFN2O3. The van der Waals surface area contributed by atoms with Gasteiger partial charge in [0.2, 0.25) is 5.91 Å². The molecule has 2 atom stereocenters. The summed E-state index contributed by atoms with van der Waals surface area (Å²) >= 11 is 0. The molecule has 1 saturated carbocycles. The monoisotopic (exact) mass is 386 g/mol. The fourth-order valence-electron chi connectivity index (χ4n) is 3.19. The number of carboxylic acids is 1. The number of aromatic carboxylic acids is 1. The van der Waals surface area contributed by atoms with Crippen molar-refractivity contribution in [3.05, 3.63) is 71.8 Å². The zero-order valence-corrected chi connectivity index (χ0v) is 14.9. The molecule has 2 N–H and O–H groups in total. The highest BCUT2D eigenvalue weighted by atomic mass is 35.5. The minimum absolute atomic E-state index is 0. The number of anilines is 1. The molecule has 2 unspecified atom stereocenters. The van der Waals surface area contributed by atoms with Gasteiger partial charge in [-0.05, 0) is 53.6 Å². The summed E-state index contributed by atoms with van der Waals surface area (Å²) in [6.07, 6.45) is 3.99. The number of carboxylic acid groups (broad SMARTS) is 1. The van der Waals surface area contributed by atoms with E-state index in [4.69, 9.17) is 5.11 Å². The molecule has 0 aliphatic heterocycles. The number of amides is 1. The first-order valence-electron chi connectivity index (χ1n) is 8.20. The summed E-state index contributed by atoms with van der Waals surface area (Å²) in [5.41, 5.74) is 0.972. The molecule has 1 heterocycles. The lowest BCUT2D eigenvalue weighted by Gasteiger charge is -2.07. The molecule has 0 spiro atoms. The standard InChI is InChI=1S/C20H15FN2O3.ClH/c21-18-8-12(20(25)26)2-4-15(18)16-9-17(16)19(24)23-14-3-1-13-10-22-6-5-11(13)7-14;/h1-8,10,16-17H,9H2,(H,23,24)(H,25,26);1H. The Morgan fingerprint density at radius 2 is 1.93 bits per heavy atom. The fourth-order valence-corrected chi connectivity index (χ4v) is 3.19. The Morgan fingerprint density at radius 3 is 2.67 bits per heavy atom. The minimum Gasteiger partial charge on any atom is -0.478 e. The van der Waals surface area contributed by atoms with E-state index < -0.39 is 11.8 Å². The second-order valence-corrected chi connectivity index (χ2v) is 6.42. The maximum atomic E-state index is 14.1. The number of benzene rings is 2. The summed E-state index contributed by atoms with van der Waals surface area (Å²) in [4.78, 5) is 27.4. The molecule has 2 aromatic carbocycles. The van der Waals surface area contributed by atoms with Crippen LogP contribution in [0.5, 0.6) is 0 Å². The summed E-state index contributed by atoms with van der Waals surface area (Å²) in [6.45, 7) is 0. The molecule has 0 bridgehead atoms. The predicted octanol–water partition coefficient (Wildman–Crippen LogP) is 4.24. The molecule has 5 nitrogen and oxygen atoms in total. The predicted molar refractivity (Wildman–Crippen MR) is 102 cm³/mol. The average molecular weight is 387 g/mol. The SMILES string of the molecule is Cl.O=C(O)c1ccc(C2CC2C(=O)Nc2ccc3cnccc3c2)c(F)c1. The lowest BCUT2D eigenvalue weighted by molar-refractivity contribution is -0.117. The smallest absolute Gasteiger partial charge is 0.335 e. The Balaban J connectivity index is 0.00000210. The van der Waals surface area contributed by atoms with E-state index in [1.54, 1.807) is 12.4 Å². The van der Waals surface area contributed by atoms with Gasteiger partial charge >= 0.3 is 5.97 Å². The van der Waals surface area contributed by atoms with Crippen LogP contribution in [0.25, 0.3) is 10.8 Å². The lowest BCUT2D eigenvalue weighted by atomic mass is 10.1. The van der Waals surface area contributed by atoms with Gasteiger partial charge in [0, 0.05) is 29.4 Å². The van der Waals surface area contributed by atoms with Crippen molar-refractivity contribution in [1.29, 1.82) is 0 Å².